The summed E-state index contributed by atoms with van der Waals surface area (Å²) in [6, 6.07) is 10.4. The lowest BCUT2D eigenvalue weighted by Gasteiger charge is -2.20. The van der Waals surface area contributed by atoms with Crippen molar-refractivity contribution in [1.29, 1.82) is 5.26 Å². The minimum absolute atomic E-state index is 0.264. The van der Waals surface area contributed by atoms with E-state index in [1.54, 1.807) is 0 Å². The maximum atomic E-state index is 9.14. The van der Waals surface area contributed by atoms with Crippen LogP contribution in [0.4, 0.5) is 0 Å². The number of fused-ring (bicyclic) bond motifs is 1. The van der Waals surface area contributed by atoms with Crippen LogP contribution in [-0.4, -0.2) is 21.5 Å². The smallest absolute Gasteiger partial charge is 0.298 e. The molecule has 3 rings (SSSR count). The summed E-state index contributed by atoms with van der Waals surface area (Å²) < 4.78 is 5.88. The van der Waals surface area contributed by atoms with Crippen LogP contribution in [-0.2, 0) is 10.1 Å². The number of nitrogens with zero attached hydrogens (tertiary/aromatic N) is 1. The molecule has 2 radical (unpaired) electrons. The van der Waals surface area contributed by atoms with E-state index in [2.05, 4.69) is 18.2 Å². The van der Waals surface area contributed by atoms with Crippen molar-refractivity contribution in [2.75, 3.05) is 6.73 Å². The zero-order chi connectivity index (χ0) is 16.3. The van der Waals surface area contributed by atoms with Gasteiger partial charge in [-0.25, -0.2) is 0 Å². The third-order valence-electron chi connectivity index (χ3n) is 5.87. The van der Waals surface area contributed by atoms with E-state index < -0.39 is 0 Å². The molecule has 1 aromatic rings. The van der Waals surface area contributed by atoms with E-state index in [-0.39, 0.29) is 6.92 Å². The van der Waals surface area contributed by atoms with Crippen LogP contribution < -0.4 is 5.73 Å². The van der Waals surface area contributed by atoms with E-state index in [1.165, 1.54) is 24.8 Å². The predicted molar refractivity (Wildman–Crippen MR) is 94.4 cm³/mol. The maximum absolute atomic E-state index is 9.14. The number of nitriles is 1. The van der Waals surface area contributed by atoms with Gasteiger partial charge >= 0.3 is 0 Å². The molecule has 23 heavy (non-hydrogen) atoms. The Kier molecular flexibility index (Phi) is 5.14. The maximum Gasteiger partial charge on any atom is 0.298 e. The van der Waals surface area contributed by atoms with Crippen molar-refractivity contribution in [3.63, 3.8) is 0 Å². The Labute approximate surface area is 141 Å². The number of nitrogens with two attached hydrogens (primary N) is 1. The van der Waals surface area contributed by atoms with Crippen LogP contribution in [0.25, 0.3) is 0 Å². The predicted octanol–water partition coefficient (Wildman–Crippen LogP) is 3.27. The van der Waals surface area contributed by atoms with Crippen LogP contribution in [0.1, 0.15) is 43.2 Å². The monoisotopic (exact) mass is 306 g/mol. The lowest BCUT2D eigenvalue weighted by molar-refractivity contribution is 0.317. The first-order chi connectivity index (χ1) is 11.2. The Morgan fingerprint density at radius 1 is 1.43 bits per heavy atom. The second-order valence-corrected chi connectivity index (χ2v) is 7.02. The molecule has 2 aliphatic rings. The number of hydrogen-bond acceptors (Lipinski definition) is 3. The Hall–Kier alpha value is -1.24. The third-order valence-corrected chi connectivity index (χ3v) is 5.87. The van der Waals surface area contributed by atoms with Crippen molar-refractivity contribution in [3.05, 3.63) is 35.4 Å². The van der Waals surface area contributed by atoms with Gasteiger partial charge in [0.15, 0.2) is 0 Å². The van der Waals surface area contributed by atoms with Gasteiger partial charge in [-0.05, 0) is 54.0 Å². The van der Waals surface area contributed by atoms with E-state index in [9.17, 15) is 0 Å². The summed E-state index contributed by atoms with van der Waals surface area (Å²) in [7, 11) is 5.61. The summed E-state index contributed by atoms with van der Waals surface area (Å²) in [5, 5.41) is 9.14. The van der Waals surface area contributed by atoms with Crippen molar-refractivity contribution < 1.29 is 4.65 Å². The summed E-state index contributed by atoms with van der Waals surface area (Å²) >= 11 is 0. The van der Waals surface area contributed by atoms with Gasteiger partial charge < -0.3 is 10.4 Å². The highest BCUT2D eigenvalue weighted by atomic mass is 16.4. The van der Waals surface area contributed by atoms with Gasteiger partial charge in [0.2, 0.25) is 0 Å². The van der Waals surface area contributed by atoms with E-state index in [0.717, 1.165) is 31.0 Å². The standard InChI is InChI=1S/C18H24B2N2O/c19-8-1-2-9-20(23-13-22)17-6-7-18(11-16(17)18)15-5-3-4-14(10-15)12-21/h3-5,10,16-17H,1-2,6-9,11,13,22H2/t16-,17-,18-/m1/s1. The molecule has 3 nitrogen and oxygen atoms in total. The fourth-order valence-corrected chi connectivity index (χ4v) is 4.66. The van der Waals surface area contributed by atoms with Crippen LogP contribution in [0.2, 0.25) is 18.5 Å². The second-order valence-electron chi connectivity index (χ2n) is 7.02. The van der Waals surface area contributed by atoms with Crippen LogP contribution in [0, 0.1) is 17.2 Å². The van der Waals surface area contributed by atoms with E-state index in [0.29, 0.717) is 23.9 Å². The van der Waals surface area contributed by atoms with Gasteiger partial charge in [0.1, 0.15) is 0 Å². The first-order valence-corrected chi connectivity index (χ1v) is 8.77. The number of unbranched alkanes of at least 4 members (excludes halogenated alkanes) is 1. The molecule has 0 unspecified atom stereocenters. The highest BCUT2D eigenvalue weighted by molar-refractivity contribution is 6.54. The van der Waals surface area contributed by atoms with Gasteiger partial charge in [-0.1, -0.05) is 37.7 Å². The Balaban J connectivity index is 1.70. The number of rotatable bonds is 8. The minimum atomic E-state index is 0.264. The lowest BCUT2D eigenvalue weighted by atomic mass is 9.50. The highest BCUT2D eigenvalue weighted by Gasteiger charge is 2.64. The summed E-state index contributed by atoms with van der Waals surface area (Å²) in [5.41, 5.74) is 8.06. The largest absolute Gasteiger partial charge is 0.424 e. The molecule has 0 amide bonds. The van der Waals surface area contributed by atoms with Gasteiger partial charge in [0.25, 0.3) is 6.92 Å². The summed E-state index contributed by atoms with van der Waals surface area (Å²) in [6.07, 6.45) is 7.61. The SMILES string of the molecule is [B]CCCCB(OCN)[C@@H]1CC[C@]2(c3cccc(C#N)c3)C[C@H]12. The topological polar surface area (TPSA) is 59.0 Å². The van der Waals surface area contributed by atoms with Crippen LogP contribution in [0.3, 0.4) is 0 Å². The van der Waals surface area contributed by atoms with Crippen molar-refractivity contribution in [2.24, 2.45) is 11.7 Å². The molecule has 2 saturated carbocycles. The molecule has 0 saturated heterocycles. The fraction of sp³-hybridized carbons (Fsp3) is 0.611. The summed E-state index contributed by atoms with van der Waals surface area (Å²) in [6.45, 7) is 0.563. The third kappa shape index (κ3) is 3.20. The van der Waals surface area contributed by atoms with Gasteiger partial charge in [0.05, 0.1) is 26.2 Å². The van der Waals surface area contributed by atoms with E-state index in [4.69, 9.17) is 23.5 Å². The first kappa shape index (κ1) is 16.6. The molecule has 2 aliphatic carbocycles. The van der Waals surface area contributed by atoms with Crippen molar-refractivity contribution in [2.45, 2.75) is 56.0 Å². The molecule has 0 heterocycles. The zero-order valence-corrected chi connectivity index (χ0v) is 13.7. The van der Waals surface area contributed by atoms with Crippen LogP contribution in [0.15, 0.2) is 24.3 Å². The normalized spacial score (nSPS) is 28.2. The van der Waals surface area contributed by atoms with E-state index in [1.807, 2.05) is 12.1 Å². The summed E-state index contributed by atoms with van der Waals surface area (Å²) in [4.78, 5) is 0. The Morgan fingerprint density at radius 2 is 2.30 bits per heavy atom. The van der Waals surface area contributed by atoms with E-state index >= 15 is 0 Å². The molecule has 0 aromatic heterocycles. The molecular weight excluding hydrogens is 282 g/mol. The molecule has 118 valence electrons. The Bertz CT molecular complexity index is 589. The van der Waals surface area contributed by atoms with Crippen molar-refractivity contribution >= 4 is 14.8 Å². The zero-order valence-electron chi connectivity index (χ0n) is 13.7. The van der Waals surface area contributed by atoms with Gasteiger partial charge in [-0.2, -0.15) is 5.26 Å². The molecule has 2 N–H and O–H groups in total. The average Bonchev–Trinajstić information content (AvgIpc) is 3.21. The minimum Gasteiger partial charge on any atom is -0.424 e. The molecule has 1 aromatic carbocycles. The van der Waals surface area contributed by atoms with Crippen molar-refractivity contribution in [3.8, 4) is 6.07 Å². The fourth-order valence-electron chi connectivity index (χ4n) is 4.66. The van der Waals surface area contributed by atoms with Gasteiger partial charge in [-0.15, -0.1) is 0 Å². The Morgan fingerprint density at radius 3 is 3.00 bits per heavy atom. The van der Waals surface area contributed by atoms with Crippen LogP contribution in [0.5, 0.6) is 0 Å². The number of hydrogen-bond donors (Lipinski definition) is 1. The molecule has 0 spiro atoms. The molecule has 5 heteroatoms. The lowest BCUT2D eigenvalue weighted by Crippen LogP contribution is -2.28. The second kappa shape index (κ2) is 7.11. The van der Waals surface area contributed by atoms with Crippen molar-refractivity contribution in [1.82, 2.24) is 0 Å². The molecule has 0 aliphatic heterocycles. The molecule has 2 fully saturated rings. The summed E-state index contributed by atoms with van der Waals surface area (Å²) in [5.74, 6) is 1.29. The average molecular weight is 306 g/mol. The molecule has 3 atom stereocenters. The quantitative estimate of drug-likeness (QED) is 0.455. The number of benzene rings is 1. The van der Waals surface area contributed by atoms with Crippen LogP contribution >= 0.6 is 0 Å². The van der Waals surface area contributed by atoms with Gasteiger partial charge in [-0.3, -0.25) is 0 Å². The first-order valence-electron chi connectivity index (χ1n) is 8.77. The molecular formula is C18H24B2N2O. The molecule has 0 bridgehead atoms. The highest BCUT2D eigenvalue weighted by Crippen LogP contribution is 2.69. The van der Waals surface area contributed by atoms with Gasteiger partial charge in [0, 0.05) is 0 Å².